The molecule has 4 rings (SSSR count). The molecule has 5 nitrogen and oxygen atoms in total. The molecule has 25 heavy (non-hydrogen) atoms. The molecule has 1 aromatic heterocycles. The molecule has 2 aromatic rings. The standard InChI is InChI=1S/C20H26N4O/c25-19-17-15-23(14-16-8-4-3-5-9-16)13-10-18(17)21-20(22-19)24-11-6-1-2-7-12-24/h3-5,8-9H,1-2,6-7,10-15H2,(H,21,22,25). The first-order valence-electron chi connectivity index (χ1n) is 9.43. The summed E-state index contributed by atoms with van der Waals surface area (Å²) in [6.45, 7) is 4.53. The number of aromatic amines is 1. The van der Waals surface area contributed by atoms with Crippen molar-refractivity contribution in [3.8, 4) is 0 Å². The predicted molar refractivity (Wildman–Crippen MR) is 99.8 cm³/mol. The number of nitrogens with zero attached hydrogens (tertiary/aromatic N) is 3. The molecule has 0 saturated carbocycles. The highest BCUT2D eigenvalue weighted by atomic mass is 16.1. The Balaban J connectivity index is 1.52. The Labute approximate surface area is 148 Å². The lowest BCUT2D eigenvalue weighted by molar-refractivity contribution is 0.242. The number of aromatic nitrogens is 2. The van der Waals surface area contributed by atoms with E-state index in [1.165, 1.54) is 31.2 Å². The van der Waals surface area contributed by atoms with E-state index in [0.717, 1.165) is 49.8 Å². The van der Waals surface area contributed by atoms with Gasteiger partial charge in [0.25, 0.3) is 5.56 Å². The first-order valence-corrected chi connectivity index (χ1v) is 9.43. The zero-order chi connectivity index (χ0) is 17.1. The number of fused-ring (bicyclic) bond motifs is 1. The molecule has 1 fully saturated rings. The molecule has 2 aliphatic rings. The summed E-state index contributed by atoms with van der Waals surface area (Å²) < 4.78 is 0. The van der Waals surface area contributed by atoms with Crippen molar-refractivity contribution in [3.63, 3.8) is 0 Å². The van der Waals surface area contributed by atoms with Crippen molar-refractivity contribution in [3.05, 3.63) is 57.5 Å². The van der Waals surface area contributed by atoms with Crippen LogP contribution in [-0.4, -0.2) is 34.5 Å². The highest BCUT2D eigenvalue weighted by Crippen LogP contribution is 2.20. The number of hydrogen-bond acceptors (Lipinski definition) is 4. The fraction of sp³-hybridized carbons (Fsp3) is 0.500. The Morgan fingerprint density at radius 1 is 1.00 bits per heavy atom. The maximum absolute atomic E-state index is 12.7. The monoisotopic (exact) mass is 338 g/mol. The maximum Gasteiger partial charge on any atom is 0.257 e. The summed E-state index contributed by atoms with van der Waals surface area (Å²) in [5, 5.41) is 0. The SMILES string of the molecule is O=c1[nH]c(N2CCCCCC2)nc2c1CN(Cc1ccccc1)CC2. The number of benzene rings is 1. The third-order valence-electron chi connectivity index (χ3n) is 5.29. The zero-order valence-corrected chi connectivity index (χ0v) is 14.7. The first kappa shape index (κ1) is 16.3. The first-order chi connectivity index (χ1) is 12.3. The van der Waals surface area contributed by atoms with Gasteiger partial charge in [0.1, 0.15) is 0 Å². The second-order valence-electron chi connectivity index (χ2n) is 7.16. The summed E-state index contributed by atoms with van der Waals surface area (Å²) in [6.07, 6.45) is 5.78. The van der Waals surface area contributed by atoms with Gasteiger partial charge < -0.3 is 4.90 Å². The molecule has 0 aliphatic carbocycles. The Bertz CT molecular complexity index is 763. The number of H-pyrrole nitrogens is 1. The van der Waals surface area contributed by atoms with Gasteiger partial charge in [-0.05, 0) is 18.4 Å². The summed E-state index contributed by atoms with van der Waals surface area (Å²) in [7, 11) is 0. The van der Waals surface area contributed by atoms with E-state index in [1.54, 1.807) is 0 Å². The van der Waals surface area contributed by atoms with Gasteiger partial charge in [0.05, 0.1) is 11.3 Å². The van der Waals surface area contributed by atoms with E-state index in [2.05, 4.69) is 39.0 Å². The molecule has 0 amide bonds. The van der Waals surface area contributed by atoms with E-state index in [0.29, 0.717) is 6.54 Å². The molecule has 5 heteroatoms. The average Bonchev–Trinajstić information content (AvgIpc) is 2.92. The Morgan fingerprint density at radius 3 is 2.52 bits per heavy atom. The third kappa shape index (κ3) is 3.76. The Hall–Kier alpha value is -2.14. The molecule has 132 valence electrons. The smallest absolute Gasteiger partial charge is 0.257 e. The van der Waals surface area contributed by atoms with Crippen molar-refractivity contribution in [2.24, 2.45) is 0 Å². The number of hydrogen-bond donors (Lipinski definition) is 1. The lowest BCUT2D eigenvalue weighted by Crippen LogP contribution is -2.37. The molecule has 0 unspecified atom stereocenters. The summed E-state index contributed by atoms with van der Waals surface area (Å²) in [6, 6.07) is 10.4. The van der Waals surface area contributed by atoms with Gasteiger partial charge in [-0.1, -0.05) is 43.2 Å². The minimum atomic E-state index is 0.0435. The van der Waals surface area contributed by atoms with Crippen LogP contribution in [0.3, 0.4) is 0 Å². The molecule has 0 radical (unpaired) electrons. The number of anilines is 1. The number of rotatable bonds is 3. The second kappa shape index (κ2) is 7.40. The lowest BCUT2D eigenvalue weighted by Gasteiger charge is -2.29. The number of nitrogens with one attached hydrogen (secondary N) is 1. The van der Waals surface area contributed by atoms with Crippen molar-refractivity contribution >= 4 is 5.95 Å². The van der Waals surface area contributed by atoms with Crippen LogP contribution >= 0.6 is 0 Å². The summed E-state index contributed by atoms with van der Waals surface area (Å²) >= 11 is 0. The van der Waals surface area contributed by atoms with Crippen LogP contribution in [0.2, 0.25) is 0 Å². The molecule has 1 aromatic carbocycles. The third-order valence-corrected chi connectivity index (χ3v) is 5.29. The van der Waals surface area contributed by atoms with E-state index >= 15 is 0 Å². The Kier molecular flexibility index (Phi) is 4.83. The molecule has 0 atom stereocenters. The molecular weight excluding hydrogens is 312 g/mol. The van der Waals surface area contributed by atoms with Crippen LogP contribution in [0.5, 0.6) is 0 Å². The van der Waals surface area contributed by atoms with E-state index in [9.17, 15) is 4.79 Å². The molecule has 0 spiro atoms. The summed E-state index contributed by atoms with van der Waals surface area (Å²) in [5.41, 5.74) is 3.17. The van der Waals surface area contributed by atoms with Gasteiger partial charge in [-0.25, -0.2) is 4.98 Å². The van der Waals surface area contributed by atoms with Crippen molar-refractivity contribution in [1.29, 1.82) is 0 Å². The van der Waals surface area contributed by atoms with E-state index in [-0.39, 0.29) is 5.56 Å². The van der Waals surface area contributed by atoms with Crippen LogP contribution in [0.4, 0.5) is 5.95 Å². The quantitative estimate of drug-likeness (QED) is 0.935. The van der Waals surface area contributed by atoms with Crippen LogP contribution in [0, 0.1) is 0 Å². The van der Waals surface area contributed by atoms with Crippen LogP contribution in [0.15, 0.2) is 35.1 Å². The largest absolute Gasteiger partial charge is 0.342 e. The molecule has 0 bridgehead atoms. The zero-order valence-electron chi connectivity index (χ0n) is 14.7. The van der Waals surface area contributed by atoms with E-state index in [4.69, 9.17) is 4.98 Å². The van der Waals surface area contributed by atoms with Gasteiger partial charge >= 0.3 is 0 Å². The van der Waals surface area contributed by atoms with Crippen molar-refractivity contribution in [1.82, 2.24) is 14.9 Å². The summed E-state index contributed by atoms with van der Waals surface area (Å²) in [4.78, 5) is 25.1. The van der Waals surface area contributed by atoms with Crippen molar-refractivity contribution < 1.29 is 0 Å². The average molecular weight is 338 g/mol. The molecule has 2 aliphatic heterocycles. The van der Waals surface area contributed by atoms with Gasteiger partial charge in [-0.3, -0.25) is 14.7 Å². The molecular formula is C20H26N4O. The van der Waals surface area contributed by atoms with Gasteiger partial charge in [0, 0.05) is 39.1 Å². The van der Waals surface area contributed by atoms with E-state index < -0.39 is 0 Å². The van der Waals surface area contributed by atoms with Crippen molar-refractivity contribution in [2.45, 2.75) is 45.2 Å². The predicted octanol–water partition coefficient (Wildman–Crippen LogP) is 2.71. The van der Waals surface area contributed by atoms with Crippen LogP contribution in [0.25, 0.3) is 0 Å². The molecule has 1 saturated heterocycles. The molecule has 1 N–H and O–H groups in total. The van der Waals surface area contributed by atoms with Gasteiger partial charge in [-0.2, -0.15) is 0 Å². The second-order valence-corrected chi connectivity index (χ2v) is 7.16. The summed E-state index contributed by atoms with van der Waals surface area (Å²) in [5.74, 6) is 0.780. The Morgan fingerprint density at radius 2 is 1.76 bits per heavy atom. The van der Waals surface area contributed by atoms with Gasteiger partial charge in [-0.15, -0.1) is 0 Å². The van der Waals surface area contributed by atoms with Gasteiger partial charge in [0.15, 0.2) is 0 Å². The highest BCUT2D eigenvalue weighted by Gasteiger charge is 2.23. The van der Waals surface area contributed by atoms with Crippen LogP contribution in [-0.2, 0) is 19.5 Å². The minimum Gasteiger partial charge on any atom is -0.342 e. The normalized spacial score (nSPS) is 18.6. The highest BCUT2D eigenvalue weighted by molar-refractivity contribution is 5.34. The minimum absolute atomic E-state index is 0.0435. The lowest BCUT2D eigenvalue weighted by atomic mass is 10.1. The fourth-order valence-electron chi connectivity index (χ4n) is 3.88. The maximum atomic E-state index is 12.7. The fourth-order valence-corrected chi connectivity index (χ4v) is 3.88. The molecule has 3 heterocycles. The van der Waals surface area contributed by atoms with E-state index in [1.807, 2.05) is 6.07 Å². The van der Waals surface area contributed by atoms with Crippen LogP contribution in [0.1, 0.15) is 42.5 Å². The van der Waals surface area contributed by atoms with Gasteiger partial charge in [0.2, 0.25) is 5.95 Å². The topological polar surface area (TPSA) is 52.2 Å². The van der Waals surface area contributed by atoms with Crippen LogP contribution < -0.4 is 10.5 Å². The van der Waals surface area contributed by atoms with Crippen molar-refractivity contribution in [2.75, 3.05) is 24.5 Å².